The summed E-state index contributed by atoms with van der Waals surface area (Å²) in [6, 6.07) is 11.8. The zero-order valence-corrected chi connectivity index (χ0v) is 15.8. The van der Waals surface area contributed by atoms with Crippen molar-refractivity contribution in [3.8, 4) is 22.9 Å². The van der Waals surface area contributed by atoms with E-state index in [2.05, 4.69) is 15.3 Å². The molecule has 28 heavy (non-hydrogen) atoms. The summed E-state index contributed by atoms with van der Waals surface area (Å²) in [6.07, 6.45) is 1.63. The van der Waals surface area contributed by atoms with Gasteiger partial charge in [-0.3, -0.25) is 19.1 Å². The molecule has 0 saturated heterocycles. The summed E-state index contributed by atoms with van der Waals surface area (Å²) in [7, 11) is 3.05. The van der Waals surface area contributed by atoms with E-state index in [0.29, 0.717) is 34.4 Å². The second-order valence-electron chi connectivity index (χ2n) is 5.98. The van der Waals surface area contributed by atoms with Crippen LogP contribution in [0.25, 0.3) is 11.4 Å². The summed E-state index contributed by atoms with van der Waals surface area (Å²) in [4.78, 5) is 33.5. The van der Waals surface area contributed by atoms with Crippen molar-refractivity contribution >= 4 is 11.6 Å². The zero-order chi connectivity index (χ0) is 20.1. The average Bonchev–Trinajstić information content (AvgIpc) is 2.70. The quantitative estimate of drug-likeness (QED) is 0.705. The Morgan fingerprint density at radius 2 is 1.79 bits per heavy atom. The maximum atomic E-state index is 12.5. The molecule has 0 saturated carbocycles. The van der Waals surface area contributed by atoms with E-state index in [0.717, 1.165) is 0 Å². The number of aryl methyl sites for hydroxylation is 1. The van der Waals surface area contributed by atoms with Gasteiger partial charge in [0, 0.05) is 36.1 Å². The molecule has 3 rings (SSSR count). The van der Waals surface area contributed by atoms with Gasteiger partial charge in [0.2, 0.25) is 5.91 Å². The van der Waals surface area contributed by atoms with Crippen LogP contribution < -0.4 is 20.3 Å². The van der Waals surface area contributed by atoms with Crippen LogP contribution in [0.1, 0.15) is 5.82 Å². The average molecular weight is 380 g/mol. The molecule has 3 aromatic rings. The van der Waals surface area contributed by atoms with Crippen LogP contribution in [0.3, 0.4) is 0 Å². The number of amides is 1. The largest absolute Gasteiger partial charge is 0.497 e. The van der Waals surface area contributed by atoms with Gasteiger partial charge in [-0.05, 0) is 19.1 Å². The minimum absolute atomic E-state index is 0.167. The van der Waals surface area contributed by atoms with Crippen molar-refractivity contribution in [3.05, 3.63) is 64.8 Å². The Hall–Kier alpha value is -3.68. The van der Waals surface area contributed by atoms with E-state index in [1.54, 1.807) is 43.5 Å². The molecule has 0 aliphatic rings. The Morgan fingerprint density at radius 3 is 2.36 bits per heavy atom. The number of pyridine rings is 1. The van der Waals surface area contributed by atoms with Crippen molar-refractivity contribution in [2.75, 3.05) is 19.5 Å². The lowest BCUT2D eigenvalue weighted by molar-refractivity contribution is -0.116. The van der Waals surface area contributed by atoms with Gasteiger partial charge in [-0.2, -0.15) is 0 Å². The summed E-state index contributed by atoms with van der Waals surface area (Å²) in [6.45, 7) is 1.51. The van der Waals surface area contributed by atoms with E-state index in [9.17, 15) is 9.59 Å². The van der Waals surface area contributed by atoms with Crippen LogP contribution in [-0.2, 0) is 11.3 Å². The summed E-state index contributed by atoms with van der Waals surface area (Å²) >= 11 is 0. The highest BCUT2D eigenvalue weighted by Crippen LogP contribution is 2.25. The van der Waals surface area contributed by atoms with Gasteiger partial charge in [0.25, 0.3) is 5.56 Å². The van der Waals surface area contributed by atoms with Crippen LogP contribution in [-0.4, -0.2) is 34.7 Å². The molecule has 0 atom stereocenters. The van der Waals surface area contributed by atoms with Crippen molar-refractivity contribution in [1.82, 2.24) is 14.5 Å². The summed E-state index contributed by atoms with van der Waals surface area (Å²) in [5.74, 6) is 1.15. The molecule has 1 amide bonds. The number of hydrogen-bond acceptors (Lipinski definition) is 6. The van der Waals surface area contributed by atoms with Crippen molar-refractivity contribution < 1.29 is 14.3 Å². The summed E-state index contributed by atoms with van der Waals surface area (Å²) in [5.41, 5.74) is 1.25. The van der Waals surface area contributed by atoms with Crippen LogP contribution in [0.4, 0.5) is 5.69 Å². The lowest BCUT2D eigenvalue weighted by Crippen LogP contribution is -2.29. The fraction of sp³-hybridized carbons (Fsp3) is 0.200. The Kier molecular flexibility index (Phi) is 5.69. The number of carbonyl (C=O) groups is 1. The lowest BCUT2D eigenvalue weighted by atomic mass is 10.2. The Bertz CT molecular complexity index is 1030. The number of benzene rings is 1. The fourth-order valence-corrected chi connectivity index (χ4v) is 2.68. The number of methoxy groups -OCH3 is 2. The normalized spacial score (nSPS) is 10.4. The molecule has 1 aromatic carbocycles. The van der Waals surface area contributed by atoms with Crippen LogP contribution in [0.15, 0.2) is 53.5 Å². The van der Waals surface area contributed by atoms with E-state index >= 15 is 0 Å². The van der Waals surface area contributed by atoms with Gasteiger partial charge >= 0.3 is 0 Å². The molecule has 2 heterocycles. The van der Waals surface area contributed by atoms with Crippen LogP contribution in [0, 0.1) is 6.92 Å². The first kappa shape index (κ1) is 19.1. The van der Waals surface area contributed by atoms with E-state index in [1.807, 2.05) is 6.07 Å². The molecule has 0 spiro atoms. The molecule has 0 unspecified atom stereocenters. The molecule has 144 valence electrons. The van der Waals surface area contributed by atoms with Gasteiger partial charge in [-0.15, -0.1) is 0 Å². The van der Waals surface area contributed by atoms with Gasteiger partial charge in [0.1, 0.15) is 23.9 Å². The minimum Gasteiger partial charge on any atom is -0.497 e. The van der Waals surface area contributed by atoms with Crippen LogP contribution in [0.5, 0.6) is 11.5 Å². The van der Waals surface area contributed by atoms with E-state index in [-0.39, 0.29) is 18.0 Å². The van der Waals surface area contributed by atoms with Crippen molar-refractivity contribution in [2.45, 2.75) is 13.5 Å². The topological polar surface area (TPSA) is 95.3 Å². The predicted octanol–water partition coefficient (Wildman–Crippen LogP) is 2.27. The Morgan fingerprint density at radius 1 is 1.07 bits per heavy atom. The van der Waals surface area contributed by atoms with Crippen molar-refractivity contribution in [3.63, 3.8) is 0 Å². The number of anilines is 1. The van der Waals surface area contributed by atoms with Crippen molar-refractivity contribution in [2.24, 2.45) is 0 Å². The SMILES string of the molecule is COc1cc(NC(=O)Cn2c(C)nc(-c3ccccn3)cc2=O)cc(OC)c1. The molecule has 1 N–H and O–H groups in total. The second-order valence-corrected chi connectivity index (χ2v) is 5.98. The maximum absolute atomic E-state index is 12.5. The fourth-order valence-electron chi connectivity index (χ4n) is 2.68. The number of nitrogens with one attached hydrogen (secondary N) is 1. The van der Waals surface area contributed by atoms with E-state index in [1.165, 1.54) is 24.9 Å². The van der Waals surface area contributed by atoms with Gasteiger partial charge in [0.15, 0.2) is 0 Å². The van der Waals surface area contributed by atoms with Crippen molar-refractivity contribution in [1.29, 1.82) is 0 Å². The molecule has 0 bridgehead atoms. The standard InChI is InChI=1S/C20H20N4O4/c1-13-22-18(17-6-4-5-7-21-17)11-20(26)24(13)12-19(25)23-14-8-15(27-2)10-16(9-14)28-3/h4-11H,12H2,1-3H3,(H,23,25). The molecule has 8 heteroatoms. The predicted molar refractivity (Wildman–Crippen MR) is 105 cm³/mol. The molecule has 0 radical (unpaired) electrons. The molecule has 0 aliphatic carbocycles. The highest BCUT2D eigenvalue weighted by atomic mass is 16.5. The number of aromatic nitrogens is 3. The van der Waals surface area contributed by atoms with Crippen LogP contribution in [0.2, 0.25) is 0 Å². The number of ether oxygens (including phenoxy) is 2. The maximum Gasteiger partial charge on any atom is 0.254 e. The van der Waals surface area contributed by atoms with E-state index in [4.69, 9.17) is 9.47 Å². The second kappa shape index (κ2) is 8.34. The molecular weight excluding hydrogens is 360 g/mol. The number of carbonyl (C=O) groups excluding carboxylic acids is 1. The number of rotatable bonds is 6. The highest BCUT2D eigenvalue weighted by Gasteiger charge is 2.12. The number of nitrogens with zero attached hydrogens (tertiary/aromatic N) is 3. The summed E-state index contributed by atoms with van der Waals surface area (Å²) in [5, 5.41) is 2.74. The van der Waals surface area contributed by atoms with Gasteiger partial charge in [0.05, 0.1) is 25.6 Å². The lowest BCUT2D eigenvalue weighted by Gasteiger charge is -2.12. The zero-order valence-electron chi connectivity index (χ0n) is 15.8. The third-order valence-electron chi connectivity index (χ3n) is 4.06. The molecule has 0 aliphatic heterocycles. The third kappa shape index (κ3) is 4.35. The first-order chi connectivity index (χ1) is 13.5. The Balaban J connectivity index is 1.80. The van der Waals surface area contributed by atoms with Crippen LogP contribution >= 0.6 is 0 Å². The smallest absolute Gasteiger partial charge is 0.254 e. The first-order valence-electron chi connectivity index (χ1n) is 8.53. The van der Waals surface area contributed by atoms with Gasteiger partial charge < -0.3 is 14.8 Å². The van der Waals surface area contributed by atoms with Gasteiger partial charge in [-0.25, -0.2) is 4.98 Å². The molecule has 0 fully saturated rings. The third-order valence-corrected chi connectivity index (χ3v) is 4.06. The first-order valence-corrected chi connectivity index (χ1v) is 8.53. The highest BCUT2D eigenvalue weighted by molar-refractivity contribution is 5.91. The Labute approximate surface area is 161 Å². The molecular formula is C20H20N4O4. The van der Waals surface area contributed by atoms with E-state index < -0.39 is 0 Å². The van der Waals surface area contributed by atoms with Gasteiger partial charge in [-0.1, -0.05) is 6.07 Å². The monoisotopic (exact) mass is 380 g/mol. The molecule has 2 aromatic heterocycles. The molecule has 8 nitrogen and oxygen atoms in total. The number of hydrogen-bond donors (Lipinski definition) is 1. The minimum atomic E-state index is -0.368. The summed E-state index contributed by atoms with van der Waals surface area (Å²) < 4.78 is 11.7.